The number of halogens is 1. The fraction of sp³-hybridized carbons (Fsp3) is 0.333. The average Bonchev–Trinajstić information content (AvgIpc) is 2.67. The highest BCUT2D eigenvalue weighted by atomic mass is 19.1. The highest BCUT2D eigenvalue weighted by molar-refractivity contribution is 5.65. The summed E-state index contributed by atoms with van der Waals surface area (Å²) in [5.41, 5.74) is 5.40. The van der Waals surface area contributed by atoms with Crippen molar-refractivity contribution >= 4 is 0 Å². The van der Waals surface area contributed by atoms with E-state index in [1.807, 2.05) is 18.2 Å². The van der Waals surface area contributed by atoms with Gasteiger partial charge in [-0.25, -0.2) is 4.39 Å². The van der Waals surface area contributed by atoms with Gasteiger partial charge in [0.2, 0.25) is 0 Å². The minimum Gasteiger partial charge on any atom is -0.206 e. The molecule has 0 nitrogen and oxygen atoms in total. The molecule has 1 heteroatoms. The van der Waals surface area contributed by atoms with Crippen molar-refractivity contribution in [3.8, 4) is 11.1 Å². The minimum absolute atomic E-state index is 0.127. The predicted molar refractivity (Wildman–Crippen MR) is 105 cm³/mol. The average molecular weight is 334 g/mol. The second kappa shape index (κ2) is 8.29. The van der Waals surface area contributed by atoms with Crippen molar-refractivity contribution < 1.29 is 4.39 Å². The molecule has 0 fully saturated rings. The van der Waals surface area contributed by atoms with Gasteiger partial charge in [0.15, 0.2) is 0 Å². The Bertz CT molecular complexity index is 765. The van der Waals surface area contributed by atoms with Crippen molar-refractivity contribution in [1.29, 1.82) is 0 Å². The molecule has 1 aliphatic carbocycles. The molecule has 130 valence electrons. The van der Waals surface area contributed by atoms with Gasteiger partial charge in [0, 0.05) is 11.5 Å². The van der Waals surface area contributed by atoms with E-state index in [4.69, 9.17) is 0 Å². The molecule has 0 saturated heterocycles. The number of benzene rings is 2. The molecule has 1 aliphatic rings. The Hall–Kier alpha value is -2.15. The normalized spacial score (nSPS) is 16.8. The smallest absolute Gasteiger partial charge is 0.131 e. The minimum atomic E-state index is -0.127. The van der Waals surface area contributed by atoms with Gasteiger partial charge < -0.3 is 0 Å². The lowest BCUT2D eigenvalue weighted by Crippen LogP contribution is -2.00. The van der Waals surface area contributed by atoms with Crippen LogP contribution in [0.1, 0.15) is 56.6 Å². The van der Waals surface area contributed by atoms with Crippen molar-refractivity contribution in [1.82, 2.24) is 0 Å². The lowest BCUT2D eigenvalue weighted by molar-refractivity contribution is 0.627. The Kier molecular flexibility index (Phi) is 5.86. The van der Waals surface area contributed by atoms with Gasteiger partial charge in [-0.3, -0.25) is 0 Å². The number of unbranched alkanes of at least 4 members (excludes halogenated alkanes) is 1. The Morgan fingerprint density at radius 2 is 1.84 bits per heavy atom. The summed E-state index contributed by atoms with van der Waals surface area (Å²) in [6, 6.07) is 14.0. The first-order chi connectivity index (χ1) is 12.2. The van der Waals surface area contributed by atoms with Crippen molar-refractivity contribution in [3.05, 3.63) is 83.2 Å². The van der Waals surface area contributed by atoms with Crippen molar-refractivity contribution in [2.45, 2.75) is 51.9 Å². The van der Waals surface area contributed by atoms with Crippen LogP contribution in [0, 0.1) is 5.82 Å². The van der Waals surface area contributed by atoms with E-state index in [-0.39, 0.29) is 11.7 Å². The van der Waals surface area contributed by atoms with Crippen LogP contribution < -0.4 is 0 Å². The molecule has 0 heterocycles. The van der Waals surface area contributed by atoms with E-state index in [2.05, 4.69) is 50.3 Å². The second-order valence-corrected chi connectivity index (χ2v) is 6.87. The predicted octanol–water partition coefficient (Wildman–Crippen LogP) is 7.22. The van der Waals surface area contributed by atoms with Gasteiger partial charge in [0.25, 0.3) is 0 Å². The summed E-state index contributed by atoms with van der Waals surface area (Å²) in [4.78, 5) is 0. The van der Waals surface area contributed by atoms with Crippen LogP contribution in [-0.4, -0.2) is 0 Å². The van der Waals surface area contributed by atoms with Gasteiger partial charge >= 0.3 is 0 Å². The van der Waals surface area contributed by atoms with Crippen LogP contribution in [0.25, 0.3) is 11.1 Å². The van der Waals surface area contributed by atoms with E-state index in [1.165, 1.54) is 24.0 Å². The zero-order valence-corrected chi connectivity index (χ0v) is 15.3. The Morgan fingerprint density at radius 1 is 1.04 bits per heavy atom. The van der Waals surface area contributed by atoms with Crippen LogP contribution >= 0.6 is 0 Å². The zero-order valence-electron chi connectivity index (χ0n) is 15.3. The summed E-state index contributed by atoms with van der Waals surface area (Å²) in [6.07, 6.45) is 12.2. The molecule has 2 aromatic carbocycles. The van der Waals surface area contributed by atoms with Gasteiger partial charge in [0.1, 0.15) is 5.82 Å². The third-order valence-electron chi connectivity index (χ3n) is 5.09. The highest BCUT2D eigenvalue weighted by Gasteiger charge is 2.14. The molecular formula is C24H27F. The fourth-order valence-corrected chi connectivity index (χ4v) is 3.40. The summed E-state index contributed by atoms with van der Waals surface area (Å²) in [6.45, 7) is 4.37. The molecule has 0 radical (unpaired) electrons. The summed E-state index contributed by atoms with van der Waals surface area (Å²) >= 11 is 0. The molecule has 0 saturated carbocycles. The van der Waals surface area contributed by atoms with Crippen LogP contribution in [0.15, 0.2) is 66.3 Å². The molecule has 0 aliphatic heterocycles. The quantitative estimate of drug-likeness (QED) is 0.523. The molecule has 0 N–H and O–H groups in total. The summed E-state index contributed by atoms with van der Waals surface area (Å²) < 4.78 is 14.7. The van der Waals surface area contributed by atoms with Gasteiger partial charge in [0.05, 0.1) is 0 Å². The molecule has 0 bridgehead atoms. The van der Waals surface area contributed by atoms with Gasteiger partial charge in [-0.2, -0.15) is 0 Å². The summed E-state index contributed by atoms with van der Waals surface area (Å²) in [5, 5.41) is 0. The maximum absolute atomic E-state index is 14.7. The third-order valence-corrected chi connectivity index (χ3v) is 5.09. The standard InChI is InChI=1S/C24H27F/c1-3-5-6-19-9-13-21(14-10-19)23-16-15-22(17-24(23)25)20-11-7-18(4-2)8-12-20/h7-11,13-17,20H,3-6,12H2,1-2H3. The lowest BCUT2D eigenvalue weighted by Gasteiger charge is -2.17. The molecule has 0 amide bonds. The number of hydrogen-bond donors (Lipinski definition) is 0. The lowest BCUT2D eigenvalue weighted by atomic mass is 9.88. The number of hydrogen-bond acceptors (Lipinski definition) is 0. The monoisotopic (exact) mass is 334 g/mol. The Balaban J connectivity index is 1.76. The first kappa shape index (κ1) is 17.7. The van der Waals surface area contributed by atoms with Crippen LogP contribution in [0.3, 0.4) is 0 Å². The van der Waals surface area contributed by atoms with Gasteiger partial charge in [-0.1, -0.05) is 80.5 Å². The number of aryl methyl sites for hydroxylation is 1. The molecule has 25 heavy (non-hydrogen) atoms. The zero-order chi connectivity index (χ0) is 17.6. The second-order valence-electron chi connectivity index (χ2n) is 6.87. The van der Waals surface area contributed by atoms with E-state index >= 15 is 0 Å². The first-order valence-electron chi connectivity index (χ1n) is 9.47. The number of allylic oxidation sites excluding steroid dienone is 4. The van der Waals surface area contributed by atoms with Crippen molar-refractivity contribution in [2.24, 2.45) is 0 Å². The topological polar surface area (TPSA) is 0 Å². The molecule has 1 atom stereocenters. The van der Waals surface area contributed by atoms with Crippen molar-refractivity contribution in [3.63, 3.8) is 0 Å². The van der Waals surface area contributed by atoms with E-state index in [0.29, 0.717) is 5.56 Å². The van der Waals surface area contributed by atoms with Crippen LogP contribution in [0.2, 0.25) is 0 Å². The maximum atomic E-state index is 14.7. The van der Waals surface area contributed by atoms with E-state index in [9.17, 15) is 4.39 Å². The van der Waals surface area contributed by atoms with Gasteiger partial charge in [-0.15, -0.1) is 0 Å². The highest BCUT2D eigenvalue weighted by Crippen LogP contribution is 2.31. The van der Waals surface area contributed by atoms with Crippen LogP contribution in [-0.2, 0) is 6.42 Å². The fourth-order valence-electron chi connectivity index (χ4n) is 3.40. The van der Waals surface area contributed by atoms with Crippen LogP contribution in [0.4, 0.5) is 4.39 Å². The Morgan fingerprint density at radius 3 is 2.44 bits per heavy atom. The third kappa shape index (κ3) is 4.28. The molecule has 2 aromatic rings. The molecule has 0 aromatic heterocycles. The van der Waals surface area contributed by atoms with Crippen molar-refractivity contribution in [2.75, 3.05) is 0 Å². The largest absolute Gasteiger partial charge is 0.206 e. The van der Waals surface area contributed by atoms with Crippen LogP contribution in [0.5, 0.6) is 0 Å². The molecule has 3 rings (SSSR count). The van der Waals surface area contributed by atoms with E-state index in [0.717, 1.165) is 30.4 Å². The summed E-state index contributed by atoms with van der Waals surface area (Å²) in [5.74, 6) is 0.160. The summed E-state index contributed by atoms with van der Waals surface area (Å²) in [7, 11) is 0. The SMILES string of the molecule is CCCCc1ccc(-c2ccc(C3C=CC(CC)=CC3)cc2F)cc1. The van der Waals surface area contributed by atoms with E-state index < -0.39 is 0 Å². The Labute approximate surface area is 151 Å². The molecular weight excluding hydrogens is 307 g/mol. The number of rotatable bonds is 6. The maximum Gasteiger partial charge on any atom is 0.131 e. The van der Waals surface area contributed by atoms with E-state index in [1.54, 1.807) is 6.07 Å². The molecule has 1 unspecified atom stereocenters. The first-order valence-corrected chi connectivity index (χ1v) is 9.47. The molecule has 0 spiro atoms. The van der Waals surface area contributed by atoms with Gasteiger partial charge in [-0.05, 0) is 48.4 Å².